The Morgan fingerprint density at radius 3 is 2.11 bits per heavy atom. The van der Waals surface area contributed by atoms with Gasteiger partial charge in [0.15, 0.2) is 11.9 Å². The Morgan fingerprint density at radius 2 is 1.52 bits per heavy atom. The number of benzene rings is 1. The molecule has 6 atom stereocenters. The standard InChI is InChI=1S/C35H57O10P/c1-21(2)12-9-13-22(3)14-10-15-23(4)16-11-18-35(8)19-17-27-26(7)30(24(5)25(6)31(27)43-35)44-46(40,41)45-33-29(38)32(28(37)20-36)42-34(33)39/h21-23,28,32,36-38H,9-20H2,1-8H3,(H,40,41)/t22?,23?,28-,32-,35?/m1/s1. The average molecular weight is 669 g/mol. The molecule has 1 aromatic carbocycles. The lowest BCUT2D eigenvalue weighted by molar-refractivity contribution is -0.147. The van der Waals surface area contributed by atoms with E-state index in [4.69, 9.17) is 23.6 Å². The lowest BCUT2D eigenvalue weighted by Crippen LogP contribution is -2.37. The van der Waals surface area contributed by atoms with Gasteiger partial charge < -0.3 is 33.8 Å². The number of cyclic esters (lactones) is 1. The topological polar surface area (TPSA) is 152 Å². The van der Waals surface area contributed by atoms with E-state index in [1.54, 1.807) is 13.8 Å². The van der Waals surface area contributed by atoms with Gasteiger partial charge in [0, 0.05) is 5.56 Å². The number of carbonyl (C=O) groups excluding carboxylic acids is 1. The molecule has 2 heterocycles. The van der Waals surface area contributed by atoms with Crippen molar-refractivity contribution in [2.45, 2.75) is 144 Å². The summed E-state index contributed by atoms with van der Waals surface area (Å²) in [4.78, 5) is 22.7. The molecular weight excluding hydrogens is 611 g/mol. The van der Waals surface area contributed by atoms with E-state index < -0.39 is 44.1 Å². The number of ether oxygens (including phenoxy) is 2. The van der Waals surface area contributed by atoms with Crippen LogP contribution in [0.15, 0.2) is 11.5 Å². The minimum absolute atomic E-state index is 0.135. The molecular formula is C35H57O10P. The predicted octanol–water partition coefficient (Wildman–Crippen LogP) is 7.68. The highest BCUT2D eigenvalue weighted by Crippen LogP contribution is 2.52. The number of fused-ring (bicyclic) bond motifs is 1. The van der Waals surface area contributed by atoms with Crippen molar-refractivity contribution in [3.63, 3.8) is 0 Å². The Morgan fingerprint density at radius 1 is 0.935 bits per heavy atom. The first kappa shape index (κ1) is 38.2. The van der Waals surface area contributed by atoms with Crippen LogP contribution in [0.2, 0.25) is 0 Å². The number of phosphoric ester groups is 1. The van der Waals surface area contributed by atoms with Gasteiger partial charge >= 0.3 is 13.8 Å². The van der Waals surface area contributed by atoms with E-state index in [0.29, 0.717) is 23.5 Å². The summed E-state index contributed by atoms with van der Waals surface area (Å²) in [5, 5.41) is 29.1. The maximum atomic E-state index is 13.0. The van der Waals surface area contributed by atoms with Gasteiger partial charge in [-0.05, 0) is 87.8 Å². The molecule has 4 unspecified atom stereocenters. The molecule has 0 spiro atoms. The zero-order valence-electron chi connectivity index (χ0n) is 29.1. The van der Waals surface area contributed by atoms with Gasteiger partial charge in [-0.25, -0.2) is 9.36 Å². The third-order valence-corrected chi connectivity index (χ3v) is 10.5. The second-order valence-corrected chi connectivity index (χ2v) is 15.7. The molecule has 2 aliphatic heterocycles. The monoisotopic (exact) mass is 668 g/mol. The third kappa shape index (κ3) is 9.88. The first-order valence-electron chi connectivity index (χ1n) is 16.9. The Kier molecular flexibility index (Phi) is 13.5. The number of hydrogen-bond acceptors (Lipinski definition) is 9. The van der Waals surface area contributed by atoms with Crippen LogP contribution in [-0.2, 0) is 25.0 Å². The lowest BCUT2D eigenvalue weighted by atomic mass is 9.84. The maximum Gasteiger partial charge on any atom is 0.585 e. The van der Waals surface area contributed by atoms with Crippen molar-refractivity contribution in [3.8, 4) is 11.5 Å². The smallest absolute Gasteiger partial charge is 0.505 e. The summed E-state index contributed by atoms with van der Waals surface area (Å²) in [7, 11) is -4.99. The van der Waals surface area contributed by atoms with Gasteiger partial charge in [0.2, 0.25) is 0 Å². The Balaban J connectivity index is 1.59. The highest BCUT2D eigenvalue weighted by molar-refractivity contribution is 7.48. The fourth-order valence-corrected chi connectivity index (χ4v) is 7.49. The predicted molar refractivity (Wildman–Crippen MR) is 177 cm³/mol. The van der Waals surface area contributed by atoms with Crippen molar-refractivity contribution in [1.82, 2.24) is 0 Å². The molecule has 0 amide bonds. The Labute approximate surface area is 275 Å². The van der Waals surface area contributed by atoms with Crippen molar-refractivity contribution in [2.24, 2.45) is 17.8 Å². The SMILES string of the molecule is Cc1c(C)c2c(c(C)c1OP(=O)(O)OC1=C(O)[C@@H]([C@H](O)CO)OC1=O)CCC(C)(CCCC(C)CCCC(C)CCCC(C)C)O2. The van der Waals surface area contributed by atoms with Crippen molar-refractivity contribution in [1.29, 1.82) is 0 Å². The minimum Gasteiger partial charge on any atom is -0.505 e. The summed E-state index contributed by atoms with van der Waals surface area (Å²) >= 11 is 0. The number of aliphatic hydroxyl groups is 3. The average Bonchev–Trinajstić information content (AvgIpc) is 3.25. The molecule has 0 fully saturated rings. The first-order chi connectivity index (χ1) is 21.5. The highest BCUT2D eigenvalue weighted by atomic mass is 31.2. The van der Waals surface area contributed by atoms with Crippen LogP contribution in [0.1, 0.15) is 121 Å². The number of carbonyl (C=O) groups is 1. The van der Waals surface area contributed by atoms with Gasteiger partial charge in [0.05, 0.1) is 6.61 Å². The van der Waals surface area contributed by atoms with Gasteiger partial charge in [-0.3, -0.25) is 4.89 Å². The molecule has 262 valence electrons. The van der Waals surface area contributed by atoms with Crippen LogP contribution < -0.4 is 9.26 Å². The normalized spacial score (nSPS) is 23.0. The van der Waals surface area contributed by atoms with Crippen LogP contribution in [0, 0.1) is 38.5 Å². The molecule has 0 aliphatic carbocycles. The van der Waals surface area contributed by atoms with Crippen molar-refractivity contribution >= 4 is 13.8 Å². The molecule has 2 aliphatic rings. The molecule has 3 rings (SSSR count). The Hall–Kier alpha value is -2.26. The number of hydrogen-bond donors (Lipinski definition) is 4. The second kappa shape index (κ2) is 16.2. The molecule has 0 saturated heterocycles. The van der Waals surface area contributed by atoms with Crippen molar-refractivity contribution in [3.05, 3.63) is 33.8 Å². The molecule has 1 aromatic rings. The zero-order valence-corrected chi connectivity index (χ0v) is 30.0. The summed E-state index contributed by atoms with van der Waals surface area (Å²) in [5.41, 5.74) is 2.57. The number of esters is 1. The molecule has 0 radical (unpaired) electrons. The van der Waals surface area contributed by atoms with E-state index in [2.05, 4.69) is 34.6 Å². The van der Waals surface area contributed by atoms with E-state index in [9.17, 15) is 24.5 Å². The fraction of sp³-hybridized carbons (Fsp3) is 0.743. The van der Waals surface area contributed by atoms with Gasteiger partial charge in [-0.1, -0.05) is 72.6 Å². The second-order valence-electron chi connectivity index (χ2n) is 14.4. The summed E-state index contributed by atoms with van der Waals surface area (Å²) in [6.07, 6.45) is 9.29. The molecule has 0 aromatic heterocycles. The number of aliphatic hydroxyl groups excluding tert-OH is 3. The Bertz CT molecular complexity index is 1290. The van der Waals surface area contributed by atoms with Crippen LogP contribution in [0.4, 0.5) is 0 Å². The summed E-state index contributed by atoms with van der Waals surface area (Å²) in [6, 6.07) is 0. The molecule has 11 heteroatoms. The van der Waals surface area contributed by atoms with E-state index in [-0.39, 0.29) is 11.4 Å². The summed E-state index contributed by atoms with van der Waals surface area (Å²) < 4.78 is 34.9. The van der Waals surface area contributed by atoms with Crippen LogP contribution in [0.25, 0.3) is 0 Å². The number of rotatable bonds is 18. The zero-order chi connectivity index (χ0) is 34.4. The highest BCUT2D eigenvalue weighted by Gasteiger charge is 2.44. The largest absolute Gasteiger partial charge is 0.585 e. The minimum atomic E-state index is -4.99. The van der Waals surface area contributed by atoms with Gasteiger partial charge in [0.25, 0.3) is 5.76 Å². The summed E-state index contributed by atoms with van der Waals surface area (Å²) in [6.45, 7) is 16.1. The molecule has 4 N–H and O–H groups in total. The first-order valence-corrected chi connectivity index (χ1v) is 18.4. The van der Waals surface area contributed by atoms with E-state index in [1.165, 1.54) is 44.9 Å². The van der Waals surface area contributed by atoms with Crippen LogP contribution >= 0.6 is 7.82 Å². The molecule has 0 bridgehead atoms. The van der Waals surface area contributed by atoms with E-state index >= 15 is 0 Å². The van der Waals surface area contributed by atoms with Crippen molar-refractivity contribution in [2.75, 3.05) is 6.61 Å². The molecule has 0 saturated carbocycles. The number of phosphoric acid groups is 1. The van der Waals surface area contributed by atoms with Gasteiger partial charge in [-0.2, -0.15) is 0 Å². The maximum absolute atomic E-state index is 13.0. The van der Waals surface area contributed by atoms with Gasteiger partial charge in [0.1, 0.15) is 23.2 Å². The van der Waals surface area contributed by atoms with Gasteiger partial charge in [-0.15, -0.1) is 0 Å². The van der Waals surface area contributed by atoms with Crippen LogP contribution in [-0.4, -0.2) is 50.6 Å². The van der Waals surface area contributed by atoms with E-state index in [1.807, 2.05) is 6.92 Å². The van der Waals surface area contributed by atoms with Crippen LogP contribution in [0.5, 0.6) is 11.5 Å². The van der Waals surface area contributed by atoms with Crippen LogP contribution in [0.3, 0.4) is 0 Å². The molecule has 10 nitrogen and oxygen atoms in total. The summed E-state index contributed by atoms with van der Waals surface area (Å²) in [5.74, 6) is 0.0670. The third-order valence-electron chi connectivity index (χ3n) is 9.71. The van der Waals surface area contributed by atoms with E-state index in [0.717, 1.165) is 48.0 Å². The lowest BCUT2D eigenvalue weighted by Gasteiger charge is -2.38. The van der Waals surface area contributed by atoms with Crippen molar-refractivity contribution < 1.29 is 48.1 Å². The molecule has 46 heavy (non-hydrogen) atoms. The fourth-order valence-electron chi connectivity index (χ4n) is 6.55. The quantitative estimate of drug-likeness (QED) is 0.0905.